The fourth-order valence-electron chi connectivity index (χ4n) is 1.87. The number of likely N-dealkylation sites (tertiary alicyclic amines) is 1. The highest BCUT2D eigenvalue weighted by atomic mass is 15.2. The van der Waals surface area contributed by atoms with E-state index >= 15 is 0 Å². The van der Waals surface area contributed by atoms with Gasteiger partial charge < -0.3 is 10.6 Å². The van der Waals surface area contributed by atoms with Gasteiger partial charge in [-0.15, -0.1) is 0 Å². The molecule has 0 aromatic rings. The maximum atomic E-state index is 5.72. The average molecular weight is 112 g/mol. The van der Waals surface area contributed by atoms with Crippen LogP contribution in [0.4, 0.5) is 0 Å². The van der Waals surface area contributed by atoms with E-state index in [0.29, 0.717) is 6.04 Å². The lowest BCUT2D eigenvalue weighted by Crippen LogP contribution is -2.25. The number of nitrogens with zero attached hydrogens (tertiary/aromatic N) is 1. The summed E-state index contributed by atoms with van der Waals surface area (Å²) in [5.41, 5.74) is 5.72. The topological polar surface area (TPSA) is 29.3 Å². The van der Waals surface area contributed by atoms with E-state index in [0.717, 1.165) is 12.0 Å². The Kier molecular flexibility index (Phi) is 0.746. The quantitative estimate of drug-likeness (QED) is 0.464. The molecule has 3 unspecified atom stereocenters. The summed E-state index contributed by atoms with van der Waals surface area (Å²) in [6.45, 7) is 1.27. The molecular formula is C6H12N2. The van der Waals surface area contributed by atoms with E-state index in [1.165, 1.54) is 13.0 Å². The van der Waals surface area contributed by atoms with E-state index in [1.807, 2.05) is 0 Å². The maximum absolute atomic E-state index is 5.72. The zero-order chi connectivity index (χ0) is 5.72. The maximum Gasteiger partial charge on any atom is 0.0291 e. The van der Waals surface area contributed by atoms with Gasteiger partial charge in [0.05, 0.1) is 0 Å². The van der Waals surface area contributed by atoms with Crippen LogP contribution in [0.1, 0.15) is 6.42 Å². The molecule has 0 aromatic heterocycles. The van der Waals surface area contributed by atoms with Crippen LogP contribution in [0.25, 0.3) is 0 Å². The molecule has 2 fully saturated rings. The van der Waals surface area contributed by atoms with Gasteiger partial charge in [-0.05, 0) is 25.9 Å². The molecule has 1 aliphatic heterocycles. The van der Waals surface area contributed by atoms with Crippen molar-refractivity contribution in [2.24, 2.45) is 11.7 Å². The first-order valence-corrected chi connectivity index (χ1v) is 3.26. The first kappa shape index (κ1) is 4.77. The number of fused-ring (bicyclic) bond motifs is 1. The summed E-state index contributed by atoms with van der Waals surface area (Å²) < 4.78 is 0. The molecule has 0 spiro atoms. The van der Waals surface area contributed by atoms with Gasteiger partial charge in [-0.25, -0.2) is 0 Å². The average Bonchev–Trinajstić information content (AvgIpc) is 2.13. The van der Waals surface area contributed by atoms with Crippen molar-refractivity contribution in [1.29, 1.82) is 0 Å². The minimum Gasteiger partial charge on any atom is -0.326 e. The van der Waals surface area contributed by atoms with Crippen molar-refractivity contribution in [3.05, 3.63) is 0 Å². The van der Waals surface area contributed by atoms with Crippen LogP contribution >= 0.6 is 0 Å². The van der Waals surface area contributed by atoms with Crippen LogP contribution in [0.3, 0.4) is 0 Å². The summed E-state index contributed by atoms with van der Waals surface area (Å²) in [4.78, 5) is 2.37. The van der Waals surface area contributed by atoms with Gasteiger partial charge in [-0.2, -0.15) is 0 Å². The van der Waals surface area contributed by atoms with E-state index in [1.54, 1.807) is 0 Å². The lowest BCUT2D eigenvalue weighted by atomic mass is 10.3. The molecule has 2 heteroatoms. The van der Waals surface area contributed by atoms with Gasteiger partial charge in [0, 0.05) is 12.1 Å². The van der Waals surface area contributed by atoms with Crippen molar-refractivity contribution < 1.29 is 0 Å². The second-order valence-electron chi connectivity index (χ2n) is 3.00. The highest BCUT2D eigenvalue weighted by Gasteiger charge is 2.53. The van der Waals surface area contributed by atoms with E-state index in [-0.39, 0.29) is 0 Å². The van der Waals surface area contributed by atoms with Gasteiger partial charge in [0.25, 0.3) is 0 Å². The molecule has 8 heavy (non-hydrogen) atoms. The Balaban J connectivity index is 2.07. The van der Waals surface area contributed by atoms with Gasteiger partial charge in [0.1, 0.15) is 0 Å². The predicted octanol–water partition coefficient (Wildman–Crippen LogP) is -0.352. The van der Waals surface area contributed by atoms with Gasteiger partial charge in [0.2, 0.25) is 0 Å². The largest absolute Gasteiger partial charge is 0.326 e. The molecule has 1 aliphatic carbocycles. The zero-order valence-electron chi connectivity index (χ0n) is 5.17. The van der Waals surface area contributed by atoms with Crippen LogP contribution < -0.4 is 5.73 Å². The highest BCUT2D eigenvalue weighted by Crippen LogP contribution is 2.41. The lowest BCUT2D eigenvalue weighted by molar-refractivity contribution is 0.358. The first-order chi connectivity index (χ1) is 3.80. The Morgan fingerprint density at radius 3 is 2.62 bits per heavy atom. The van der Waals surface area contributed by atoms with Crippen molar-refractivity contribution in [3.8, 4) is 0 Å². The molecule has 2 nitrogen and oxygen atoms in total. The Morgan fingerprint density at radius 1 is 1.62 bits per heavy atom. The van der Waals surface area contributed by atoms with Crippen molar-refractivity contribution >= 4 is 0 Å². The summed E-state index contributed by atoms with van der Waals surface area (Å²) in [7, 11) is 2.16. The van der Waals surface area contributed by atoms with Gasteiger partial charge in [-0.3, -0.25) is 0 Å². The van der Waals surface area contributed by atoms with E-state index < -0.39 is 0 Å². The zero-order valence-corrected chi connectivity index (χ0v) is 5.17. The van der Waals surface area contributed by atoms with Gasteiger partial charge >= 0.3 is 0 Å². The Morgan fingerprint density at radius 2 is 2.38 bits per heavy atom. The van der Waals surface area contributed by atoms with Crippen LogP contribution in [0.15, 0.2) is 0 Å². The van der Waals surface area contributed by atoms with Crippen LogP contribution in [0.5, 0.6) is 0 Å². The van der Waals surface area contributed by atoms with E-state index in [9.17, 15) is 0 Å². The normalized spacial score (nSPS) is 54.0. The lowest BCUT2D eigenvalue weighted by Gasteiger charge is -2.09. The summed E-state index contributed by atoms with van der Waals surface area (Å²) in [6, 6.07) is 1.28. The Bertz CT molecular complexity index is 111. The molecule has 0 bridgehead atoms. The number of piperidine rings is 1. The number of hydrogen-bond acceptors (Lipinski definition) is 2. The Labute approximate surface area is 49.7 Å². The first-order valence-electron chi connectivity index (χ1n) is 3.26. The van der Waals surface area contributed by atoms with Crippen molar-refractivity contribution in [2.75, 3.05) is 13.6 Å². The van der Waals surface area contributed by atoms with Crippen LogP contribution in [0, 0.1) is 5.92 Å². The molecule has 0 amide bonds. The smallest absolute Gasteiger partial charge is 0.0291 e. The molecule has 3 atom stereocenters. The standard InChI is InChI=1S/C6H12N2/c1-8-3-2-4-5(7)6(4)8/h4-6H,2-3,7H2,1H3. The molecule has 46 valence electrons. The van der Waals surface area contributed by atoms with Gasteiger partial charge in [0.15, 0.2) is 0 Å². The molecular weight excluding hydrogens is 100 g/mol. The van der Waals surface area contributed by atoms with Crippen molar-refractivity contribution in [1.82, 2.24) is 4.90 Å². The number of rotatable bonds is 0. The van der Waals surface area contributed by atoms with Crippen molar-refractivity contribution in [2.45, 2.75) is 18.5 Å². The fourth-order valence-corrected chi connectivity index (χ4v) is 1.87. The van der Waals surface area contributed by atoms with Crippen LogP contribution in [-0.4, -0.2) is 30.6 Å². The molecule has 2 aliphatic rings. The predicted molar refractivity (Wildman–Crippen MR) is 32.5 cm³/mol. The summed E-state index contributed by atoms with van der Waals surface area (Å²) in [5, 5.41) is 0. The molecule has 1 heterocycles. The monoisotopic (exact) mass is 112 g/mol. The molecule has 1 saturated heterocycles. The second kappa shape index (κ2) is 1.25. The fraction of sp³-hybridized carbons (Fsp3) is 1.00. The van der Waals surface area contributed by atoms with Gasteiger partial charge in [-0.1, -0.05) is 0 Å². The molecule has 0 radical (unpaired) electrons. The third-order valence-corrected chi connectivity index (χ3v) is 2.51. The molecule has 2 rings (SSSR count). The summed E-state index contributed by atoms with van der Waals surface area (Å²) >= 11 is 0. The van der Waals surface area contributed by atoms with E-state index in [2.05, 4.69) is 11.9 Å². The second-order valence-corrected chi connectivity index (χ2v) is 3.00. The third kappa shape index (κ3) is 0.400. The Hall–Kier alpha value is -0.0800. The van der Waals surface area contributed by atoms with E-state index in [4.69, 9.17) is 5.73 Å². The minimum absolute atomic E-state index is 0.522. The third-order valence-electron chi connectivity index (χ3n) is 2.51. The highest BCUT2D eigenvalue weighted by molar-refractivity contribution is 5.11. The SMILES string of the molecule is CN1CCC2C(N)C21. The number of hydrogen-bond donors (Lipinski definition) is 1. The van der Waals surface area contributed by atoms with Crippen molar-refractivity contribution in [3.63, 3.8) is 0 Å². The number of likely N-dealkylation sites (N-methyl/N-ethyl adjacent to an activating group) is 1. The van der Waals surface area contributed by atoms with Crippen LogP contribution in [-0.2, 0) is 0 Å². The summed E-state index contributed by atoms with van der Waals surface area (Å²) in [5.74, 6) is 0.861. The van der Waals surface area contributed by atoms with Crippen LogP contribution in [0.2, 0.25) is 0 Å². The summed E-state index contributed by atoms with van der Waals surface area (Å²) in [6.07, 6.45) is 1.34. The minimum atomic E-state index is 0.522. The molecule has 0 aromatic carbocycles. The molecule has 2 N–H and O–H groups in total. The molecule has 1 saturated carbocycles. The number of nitrogens with two attached hydrogens (primary N) is 1.